The molecule has 0 saturated carbocycles. The summed E-state index contributed by atoms with van der Waals surface area (Å²) < 4.78 is 34.3. The van der Waals surface area contributed by atoms with E-state index < -0.39 is 25.2 Å². The second-order valence-electron chi connectivity index (χ2n) is 4.31. The van der Waals surface area contributed by atoms with E-state index >= 15 is 0 Å². The fourth-order valence-corrected chi connectivity index (χ4v) is 2.23. The van der Waals surface area contributed by atoms with E-state index in [4.69, 9.17) is 9.47 Å². The highest BCUT2D eigenvalue weighted by Gasteiger charge is 2.29. The molecule has 1 aliphatic carbocycles. The van der Waals surface area contributed by atoms with Gasteiger partial charge >= 0.3 is 0 Å². The summed E-state index contributed by atoms with van der Waals surface area (Å²) in [7, 11) is 1.54. The van der Waals surface area contributed by atoms with Gasteiger partial charge in [-0.3, -0.25) is 0 Å². The minimum atomic E-state index is -2.51. The van der Waals surface area contributed by atoms with Crippen LogP contribution in [0.5, 0.6) is 5.75 Å². The van der Waals surface area contributed by atoms with Crippen molar-refractivity contribution in [3.05, 3.63) is 29.3 Å². The third kappa shape index (κ3) is 2.79. The summed E-state index contributed by atoms with van der Waals surface area (Å²) in [6.45, 7) is -0.638. The summed E-state index contributed by atoms with van der Waals surface area (Å²) in [4.78, 5) is 0. The smallest absolute Gasteiger partial charge is 0.261 e. The first-order chi connectivity index (χ1) is 8.61. The molecule has 100 valence electrons. The van der Waals surface area contributed by atoms with Gasteiger partial charge in [0.25, 0.3) is 6.43 Å². The van der Waals surface area contributed by atoms with Gasteiger partial charge in [0.2, 0.25) is 0 Å². The number of rotatable bonds is 4. The quantitative estimate of drug-likeness (QED) is 0.900. The van der Waals surface area contributed by atoms with Crippen molar-refractivity contribution in [2.45, 2.75) is 31.5 Å². The van der Waals surface area contributed by atoms with Crippen LogP contribution < -0.4 is 4.74 Å². The Hall–Kier alpha value is -1.20. The summed E-state index contributed by atoms with van der Waals surface area (Å²) in [6.07, 6.45) is -2.69. The lowest BCUT2D eigenvalue weighted by molar-refractivity contribution is -0.0827. The zero-order valence-corrected chi connectivity index (χ0v) is 10.1. The lowest BCUT2D eigenvalue weighted by atomic mass is 9.87. The third-order valence-electron chi connectivity index (χ3n) is 3.16. The molecule has 0 heterocycles. The van der Waals surface area contributed by atoms with Gasteiger partial charge in [-0.05, 0) is 36.1 Å². The largest absolute Gasteiger partial charge is 0.497 e. The average molecular weight is 258 g/mol. The first-order valence-electron chi connectivity index (χ1n) is 5.86. The third-order valence-corrected chi connectivity index (χ3v) is 3.16. The molecule has 2 atom stereocenters. The van der Waals surface area contributed by atoms with Gasteiger partial charge in [-0.1, -0.05) is 6.07 Å². The van der Waals surface area contributed by atoms with E-state index in [1.807, 2.05) is 12.1 Å². The van der Waals surface area contributed by atoms with Gasteiger partial charge in [0.15, 0.2) is 0 Å². The molecule has 0 amide bonds. The molecular formula is C13H16F2O3. The van der Waals surface area contributed by atoms with Gasteiger partial charge in [0.1, 0.15) is 18.5 Å². The Labute approximate surface area is 104 Å². The fraction of sp³-hybridized carbons (Fsp3) is 0.538. The van der Waals surface area contributed by atoms with Crippen LogP contribution in [0.1, 0.15) is 23.7 Å². The van der Waals surface area contributed by atoms with Crippen molar-refractivity contribution in [3.8, 4) is 5.75 Å². The highest BCUT2D eigenvalue weighted by molar-refractivity contribution is 5.39. The van der Waals surface area contributed by atoms with Crippen molar-refractivity contribution in [2.75, 3.05) is 13.7 Å². The Bertz CT molecular complexity index is 409. The number of benzene rings is 1. The summed E-state index contributed by atoms with van der Waals surface area (Å²) in [5.41, 5.74) is 1.72. The fourth-order valence-electron chi connectivity index (χ4n) is 2.23. The molecule has 0 fully saturated rings. The van der Waals surface area contributed by atoms with Crippen LogP contribution in [0.15, 0.2) is 18.2 Å². The standard InChI is InChI=1S/C13H16F2O3/c1-17-9-4-2-8-3-5-11(18-7-12(14)15)13(16)10(8)6-9/h2,4,6,11-13,16H,3,5,7H2,1H3. The monoisotopic (exact) mass is 258 g/mol. The lowest BCUT2D eigenvalue weighted by Gasteiger charge is -2.30. The highest BCUT2D eigenvalue weighted by atomic mass is 19.3. The molecule has 0 aromatic heterocycles. The van der Waals surface area contributed by atoms with Gasteiger partial charge in [-0.15, -0.1) is 0 Å². The van der Waals surface area contributed by atoms with Crippen LogP contribution in [0.2, 0.25) is 0 Å². The molecule has 0 spiro atoms. The average Bonchev–Trinajstić information content (AvgIpc) is 2.37. The molecule has 1 aliphatic rings. The van der Waals surface area contributed by atoms with Gasteiger partial charge in [0.05, 0.1) is 13.2 Å². The van der Waals surface area contributed by atoms with E-state index in [2.05, 4.69) is 0 Å². The first-order valence-corrected chi connectivity index (χ1v) is 5.86. The number of methoxy groups -OCH3 is 1. The van der Waals surface area contributed by atoms with Crippen molar-refractivity contribution in [1.82, 2.24) is 0 Å². The van der Waals surface area contributed by atoms with Crippen molar-refractivity contribution in [1.29, 1.82) is 0 Å². The summed E-state index contributed by atoms with van der Waals surface area (Å²) in [5.74, 6) is 0.641. The molecular weight excluding hydrogens is 242 g/mol. The van der Waals surface area contributed by atoms with Gasteiger partial charge in [0, 0.05) is 0 Å². The van der Waals surface area contributed by atoms with Crippen molar-refractivity contribution < 1.29 is 23.4 Å². The Kier molecular flexibility index (Phi) is 4.14. The van der Waals surface area contributed by atoms with Gasteiger partial charge in [-0.25, -0.2) is 8.78 Å². The molecule has 0 bridgehead atoms. The van der Waals surface area contributed by atoms with E-state index in [9.17, 15) is 13.9 Å². The van der Waals surface area contributed by atoms with Crippen LogP contribution in [-0.2, 0) is 11.2 Å². The molecule has 2 unspecified atom stereocenters. The van der Waals surface area contributed by atoms with Crippen LogP contribution in [0.25, 0.3) is 0 Å². The molecule has 0 aliphatic heterocycles. The number of alkyl halides is 2. The van der Waals surface area contributed by atoms with Crippen LogP contribution >= 0.6 is 0 Å². The minimum Gasteiger partial charge on any atom is -0.497 e. The van der Waals surface area contributed by atoms with Crippen LogP contribution in [-0.4, -0.2) is 31.4 Å². The Balaban J connectivity index is 2.13. The van der Waals surface area contributed by atoms with Crippen LogP contribution in [0.4, 0.5) is 8.78 Å². The Morgan fingerprint density at radius 2 is 2.22 bits per heavy atom. The van der Waals surface area contributed by atoms with E-state index in [-0.39, 0.29) is 0 Å². The molecule has 5 heteroatoms. The number of aliphatic hydroxyl groups excluding tert-OH is 1. The second kappa shape index (κ2) is 5.63. The van der Waals surface area contributed by atoms with E-state index in [0.29, 0.717) is 24.2 Å². The molecule has 2 rings (SSSR count). The molecule has 18 heavy (non-hydrogen) atoms. The zero-order chi connectivity index (χ0) is 13.1. The molecule has 1 aromatic carbocycles. The molecule has 1 N–H and O–H groups in total. The number of aryl methyl sites for hydroxylation is 1. The molecule has 1 aromatic rings. The lowest BCUT2D eigenvalue weighted by Crippen LogP contribution is -2.29. The van der Waals surface area contributed by atoms with Crippen LogP contribution in [0.3, 0.4) is 0 Å². The van der Waals surface area contributed by atoms with Crippen molar-refractivity contribution in [3.63, 3.8) is 0 Å². The normalized spacial score (nSPS) is 22.9. The van der Waals surface area contributed by atoms with Gasteiger partial charge < -0.3 is 14.6 Å². The zero-order valence-electron chi connectivity index (χ0n) is 10.1. The second-order valence-corrected chi connectivity index (χ2v) is 4.31. The number of ether oxygens (including phenoxy) is 2. The topological polar surface area (TPSA) is 38.7 Å². The molecule has 3 nitrogen and oxygen atoms in total. The van der Waals surface area contributed by atoms with Crippen LogP contribution in [0, 0.1) is 0 Å². The van der Waals surface area contributed by atoms with E-state index in [1.165, 1.54) is 0 Å². The minimum absolute atomic E-state index is 0.549. The predicted molar refractivity (Wildman–Crippen MR) is 62.0 cm³/mol. The van der Waals surface area contributed by atoms with E-state index in [0.717, 1.165) is 5.56 Å². The highest BCUT2D eigenvalue weighted by Crippen LogP contribution is 2.34. The first kappa shape index (κ1) is 13.2. The number of hydrogen-bond acceptors (Lipinski definition) is 3. The maximum absolute atomic E-state index is 12.1. The number of hydrogen-bond donors (Lipinski definition) is 1. The summed E-state index contributed by atoms with van der Waals surface area (Å²) >= 11 is 0. The maximum atomic E-state index is 12.1. The SMILES string of the molecule is COc1ccc2c(c1)C(O)C(OCC(F)F)CC2. The molecule has 0 saturated heterocycles. The maximum Gasteiger partial charge on any atom is 0.261 e. The number of aliphatic hydroxyl groups is 1. The number of halogens is 2. The van der Waals surface area contributed by atoms with Crippen molar-refractivity contribution >= 4 is 0 Å². The van der Waals surface area contributed by atoms with Gasteiger partial charge in [-0.2, -0.15) is 0 Å². The van der Waals surface area contributed by atoms with Crippen molar-refractivity contribution in [2.24, 2.45) is 0 Å². The number of fused-ring (bicyclic) bond motifs is 1. The molecule has 0 radical (unpaired) electrons. The predicted octanol–water partition coefficient (Wildman–Crippen LogP) is 2.33. The summed E-state index contributed by atoms with van der Waals surface area (Å²) in [5, 5.41) is 10.1. The Morgan fingerprint density at radius 3 is 2.89 bits per heavy atom. The van der Waals surface area contributed by atoms with E-state index in [1.54, 1.807) is 13.2 Å². The Morgan fingerprint density at radius 1 is 1.44 bits per heavy atom. The summed E-state index contributed by atoms with van der Waals surface area (Å²) in [6, 6.07) is 5.45.